The number of hydrogen-bond acceptors (Lipinski definition) is 3. The van der Waals surface area contributed by atoms with Crippen LogP contribution in [0.3, 0.4) is 0 Å². The van der Waals surface area contributed by atoms with Gasteiger partial charge in [0.05, 0.1) is 10.5 Å². The number of benzene rings is 1. The van der Waals surface area contributed by atoms with Gasteiger partial charge in [0, 0.05) is 17.2 Å². The molecule has 1 amide bonds. The summed E-state index contributed by atoms with van der Waals surface area (Å²) in [7, 11) is 1.04. The molecule has 4 nitrogen and oxygen atoms in total. The van der Waals surface area contributed by atoms with E-state index < -0.39 is 25.7 Å². The van der Waals surface area contributed by atoms with Crippen LogP contribution in [0.25, 0.3) is 0 Å². The van der Waals surface area contributed by atoms with E-state index in [1.54, 1.807) is 0 Å². The summed E-state index contributed by atoms with van der Waals surface area (Å²) in [5.41, 5.74) is -0.254. The number of amides is 1. The molecule has 0 saturated heterocycles. The number of nitrogens with one attached hydrogen (secondary N) is 1. The fourth-order valence-corrected chi connectivity index (χ4v) is 1.85. The Balaban J connectivity index is 3.06. The number of carbonyl (C=O) groups excluding carboxylic acids is 1. The van der Waals surface area contributed by atoms with E-state index in [4.69, 9.17) is 10.7 Å². The minimum atomic E-state index is -4.00. The van der Waals surface area contributed by atoms with E-state index in [-0.39, 0.29) is 12.1 Å². The van der Waals surface area contributed by atoms with E-state index >= 15 is 0 Å². The lowest BCUT2D eigenvalue weighted by atomic mass is 10.2. The van der Waals surface area contributed by atoms with Gasteiger partial charge >= 0.3 is 0 Å². The molecule has 0 saturated carbocycles. The van der Waals surface area contributed by atoms with E-state index in [1.165, 1.54) is 6.08 Å². The molecule has 92 valence electrons. The van der Waals surface area contributed by atoms with Gasteiger partial charge in [0.15, 0.2) is 0 Å². The summed E-state index contributed by atoms with van der Waals surface area (Å²) in [5.74, 6) is -1.60. The molecular formula is C10H9ClFNO3S. The third-order valence-corrected chi connectivity index (χ3v) is 3.23. The molecule has 7 heteroatoms. The van der Waals surface area contributed by atoms with Gasteiger partial charge in [-0.15, -0.1) is 6.58 Å². The van der Waals surface area contributed by atoms with Crippen LogP contribution in [0.5, 0.6) is 0 Å². The van der Waals surface area contributed by atoms with Crippen LogP contribution in [0, 0.1) is 5.82 Å². The van der Waals surface area contributed by atoms with Crippen molar-refractivity contribution in [1.82, 2.24) is 5.32 Å². The van der Waals surface area contributed by atoms with Crippen molar-refractivity contribution >= 4 is 25.6 Å². The average molecular weight is 278 g/mol. The monoisotopic (exact) mass is 277 g/mol. The predicted molar refractivity (Wildman–Crippen MR) is 62.0 cm³/mol. The lowest BCUT2D eigenvalue weighted by molar-refractivity contribution is 0.0954. The second-order valence-electron chi connectivity index (χ2n) is 3.08. The molecule has 0 aromatic heterocycles. The van der Waals surface area contributed by atoms with Crippen LogP contribution in [0.15, 0.2) is 35.7 Å². The minimum absolute atomic E-state index is 0.188. The normalized spacial score (nSPS) is 10.9. The van der Waals surface area contributed by atoms with Crippen LogP contribution < -0.4 is 5.32 Å². The van der Waals surface area contributed by atoms with Gasteiger partial charge in [-0.2, -0.15) is 0 Å². The molecule has 0 bridgehead atoms. The lowest BCUT2D eigenvalue weighted by Gasteiger charge is -2.04. The zero-order valence-electron chi connectivity index (χ0n) is 8.61. The summed E-state index contributed by atoms with van der Waals surface area (Å²) >= 11 is 0. The van der Waals surface area contributed by atoms with Gasteiger partial charge in [-0.3, -0.25) is 4.79 Å². The van der Waals surface area contributed by atoms with Gasteiger partial charge in [0.2, 0.25) is 0 Å². The van der Waals surface area contributed by atoms with E-state index in [9.17, 15) is 17.6 Å². The highest BCUT2D eigenvalue weighted by atomic mass is 35.7. The topological polar surface area (TPSA) is 63.2 Å². The molecule has 1 aromatic carbocycles. The van der Waals surface area contributed by atoms with Crippen LogP contribution in [-0.4, -0.2) is 20.9 Å². The van der Waals surface area contributed by atoms with E-state index in [0.717, 1.165) is 12.1 Å². The largest absolute Gasteiger partial charge is 0.348 e. The first-order chi connectivity index (χ1) is 7.86. The maximum Gasteiger partial charge on any atom is 0.261 e. The molecule has 0 fully saturated rings. The van der Waals surface area contributed by atoms with Crippen molar-refractivity contribution in [1.29, 1.82) is 0 Å². The highest BCUT2D eigenvalue weighted by Gasteiger charge is 2.16. The van der Waals surface area contributed by atoms with Crippen LogP contribution in [0.4, 0.5) is 4.39 Å². The lowest BCUT2D eigenvalue weighted by Crippen LogP contribution is -2.24. The fourth-order valence-electron chi connectivity index (χ4n) is 1.09. The van der Waals surface area contributed by atoms with Crippen LogP contribution in [0.2, 0.25) is 0 Å². The molecule has 0 atom stereocenters. The van der Waals surface area contributed by atoms with Crippen LogP contribution in [-0.2, 0) is 9.05 Å². The number of halogens is 2. The van der Waals surface area contributed by atoms with Gasteiger partial charge in [0.1, 0.15) is 5.82 Å². The van der Waals surface area contributed by atoms with Crippen molar-refractivity contribution in [2.45, 2.75) is 4.90 Å². The molecule has 1 aromatic rings. The van der Waals surface area contributed by atoms with Crippen molar-refractivity contribution in [3.05, 3.63) is 42.2 Å². The first-order valence-electron chi connectivity index (χ1n) is 4.49. The van der Waals surface area contributed by atoms with Gasteiger partial charge in [-0.1, -0.05) is 6.08 Å². The van der Waals surface area contributed by atoms with Crippen molar-refractivity contribution in [2.75, 3.05) is 6.54 Å². The second-order valence-corrected chi connectivity index (χ2v) is 5.64. The molecular weight excluding hydrogens is 269 g/mol. The average Bonchev–Trinajstić information content (AvgIpc) is 2.24. The van der Waals surface area contributed by atoms with Crippen molar-refractivity contribution in [2.24, 2.45) is 0 Å². The quantitative estimate of drug-likeness (QED) is 0.673. The van der Waals surface area contributed by atoms with Gasteiger partial charge in [-0.25, -0.2) is 12.8 Å². The Morgan fingerprint density at radius 3 is 2.65 bits per heavy atom. The molecule has 0 heterocycles. The Kier molecular flexibility index (Phi) is 4.25. The van der Waals surface area contributed by atoms with Crippen molar-refractivity contribution in [3.63, 3.8) is 0 Å². The molecule has 0 radical (unpaired) electrons. The number of hydrogen-bond donors (Lipinski definition) is 1. The van der Waals surface area contributed by atoms with Gasteiger partial charge < -0.3 is 5.32 Å². The Labute approximate surface area is 103 Å². The summed E-state index contributed by atoms with van der Waals surface area (Å²) in [6, 6.07) is 2.82. The zero-order valence-corrected chi connectivity index (χ0v) is 10.2. The highest BCUT2D eigenvalue weighted by molar-refractivity contribution is 8.13. The molecule has 0 spiro atoms. The standard InChI is InChI=1S/C10H9ClFNO3S/c1-2-5-13-10(14)8-4-3-7(6-9(8)12)17(11,15)16/h2-4,6H,1,5H2,(H,13,14). The molecule has 1 rings (SSSR count). The molecule has 17 heavy (non-hydrogen) atoms. The van der Waals surface area contributed by atoms with Crippen molar-refractivity contribution < 1.29 is 17.6 Å². The Morgan fingerprint density at radius 1 is 1.53 bits per heavy atom. The maximum atomic E-state index is 13.4. The van der Waals surface area contributed by atoms with Gasteiger partial charge in [-0.05, 0) is 18.2 Å². The minimum Gasteiger partial charge on any atom is -0.348 e. The number of carbonyl (C=O) groups is 1. The first-order valence-corrected chi connectivity index (χ1v) is 6.80. The first kappa shape index (κ1) is 13.7. The van der Waals surface area contributed by atoms with Crippen LogP contribution >= 0.6 is 10.7 Å². The smallest absolute Gasteiger partial charge is 0.261 e. The van der Waals surface area contributed by atoms with Crippen molar-refractivity contribution in [3.8, 4) is 0 Å². The summed E-state index contributed by atoms with van der Waals surface area (Å²) in [4.78, 5) is 11.0. The third kappa shape index (κ3) is 3.54. The molecule has 0 unspecified atom stereocenters. The van der Waals surface area contributed by atoms with Gasteiger partial charge in [0.25, 0.3) is 15.0 Å². The summed E-state index contributed by atoms with van der Waals surface area (Å²) in [6.45, 7) is 3.58. The predicted octanol–water partition coefficient (Wildman–Crippen LogP) is 1.67. The summed E-state index contributed by atoms with van der Waals surface area (Å²) in [5, 5.41) is 2.37. The van der Waals surface area contributed by atoms with Crippen LogP contribution in [0.1, 0.15) is 10.4 Å². The zero-order chi connectivity index (χ0) is 13.1. The Morgan fingerprint density at radius 2 is 2.18 bits per heavy atom. The molecule has 0 aliphatic heterocycles. The maximum absolute atomic E-state index is 13.4. The third-order valence-electron chi connectivity index (χ3n) is 1.87. The second kappa shape index (κ2) is 5.29. The number of rotatable bonds is 4. The Bertz CT molecular complexity index is 557. The van der Waals surface area contributed by atoms with E-state index in [0.29, 0.717) is 6.07 Å². The molecule has 1 N–H and O–H groups in total. The van der Waals surface area contributed by atoms with E-state index in [2.05, 4.69) is 11.9 Å². The fraction of sp³-hybridized carbons (Fsp3) is 0.100. The highest BCUT2D eigenvalue weighted by Crippen LogP contribution is 2.18. The SMILES string of the molecule is C=CCNC(=O)c1ccc(S(=O)(=O)Cl)cc1F. The Hall–Kier alpha value is -1.40. The summed E-state index contributed by atoms with van der Waals surface area (Å²) < 4.78 is 35.3. The summed E-state index contributed by atoms with van der Waals surface area (Å²) in [6.07, 6.45) is 1.44. The molecule has 0 aliphatic rings. The molecule has 0 aliphatic carbocycles. The van der Waals surface area contributed by atoms with E-state index in [1.807, 2.05) is 0 Å².